The lowest BCUT2D eigenvalue weighted by Gasteiger charge is -2.14. The monoisotopic (exact) mass is 360 g/mol. The predicted molar refractivity (Wildman–Crippen MR) is 99.8 cm³/mol. The number of halogens is 3. The van der Waals surface area contributed by atoms with Crippen LogP contribution in [-0.2, 0) is 12.7 Å². The Morgan fingerprint density at radius 2 is 1.73 bits per heavy atom. The van der Waals surface area contributed by atoms with Crippen molar-refractivity contribution in [3.8, 4) is 11.1 Å². The first-order chi connectivity index (χ1) is 12.2. The molecule has 2 nitrogen and oxygen atoms in total. The maximum Gasteiger partial charge on any atom is 0.417 e. The Hall–Kier alpha value is -2.27. The highest BCUT2D eigenvalue weighted by Crippen LogP contribution is 2.38. The minimum Gasteiger partial charge on any atom is -0.347 e. The molecule has 0 amide bonds. The van der Waals surface area contributed by atoms with Crippen molar-refractivity contribution in [2.45, 2.75) is 39.5 Å². The summed E-state index contributed by atoms with van der Waals surface area (Å²) in [6.07, 6.45) is -2.36. The Labute approximate surface area is 151 Å². The van der Waals surface area contributed by atoms with E-state index in [4.69, 9.17) is 5.73 Å². The van der Waals surface area contributed by atoms with Gasteiger partial charge in [0.05, 0.1) is 5.56 Å². The fraction of sp³-hybridized carbons (Fsp3) is 0.333. The van der Waals surface area contributed by atoms with E-state index in [1.54, 1.807) is 12.1 Å². The van der Waals surface area contributed by atoms with Gasteiger partial charge in [0.2, 0.25) is 0 Å². The van der Waals surface area contributed by atoms with Gasteiger partial charge in [-0.05, 0) is 41.7 Å². The highest BCUT2D eigenvalue weighted by atomic mass is 19.4. The van der Waals surface area contributed by atoms with E-state index >= 15 is 0 Å². The van der Waals surface area contributed by atoms with E-state index in [-0.39, 0.29) is 11.6 Å². The van der Waals surface area contributed by atoms with E-state index in [1.807, 2.05) is 25.3 Å². The lowest BCUT2D eigenvalue weighted by molar-refractivity contribution is -0.137. The normalized spacial score (nSPS) is 13.5. The van der Waals surface area contributed by atoms with Gasteiger partial charge >= 0.3 is 6.18 Å². The largest absolute Gasteiger partial charge is 0.417 e. The van der Waals surface area contributed by atoms with Crippen LogP contribution in [0.2, 0.25) is 0 Å². The number of alkyl halides is 3. The summed E-state index contributed by atoms with van der Waals surface area (Å²) in [6, 6.07) is 11.0. The number of aromatic nitrogens is 1. The summed E-state index contributed by atoms with van der Waals surface area (Å²) in [5, 5.41) is 0.994. The smallest absolute Gasteiger partial charge is 0.347 e. The lowest BCUT2D eigenvalue weighted by atomic mass is 9.97. The number of benzene rings is 2. The van der Waals surface area contributed by atoms with Crippen molar-refractivity contribution in [1.29, 1.82) is 0 Å². The topological polar surface area (TPSA) is 30.9 Å². The molecule has 0 bridgehead atoms. The summed E-state index contributed by atoms with van der Waals surface area (Å²) < 4.78 is 42.3. The van der Waals surface area contributed by atoms with Crippen molar-refractivity contribution in [2.24, 2.45) is 11.7 Å². The number of nitrogens with zero attached hydrogens (tertiary/aromatic N) is 1. The standard InChI is InChI=1S/C21H23F3N2/c1-13(2)11-26-12-18(14(3)25)17-9-8-15(10-20(17)26)16-6-4-5-7-19(16)21(22,23)24/h4-10,12-14H,11,25H2,1-3H3. The Morgan fingerprint density at radius 1 is 1.04 bits per heavy atom. The summed E-state index contributed by atoms with van der Waals surface area (Å²) in [7, 11) is 0. The van der Waals surface area contributed by atoms with E-state index in [0.717, 1.165) is 29.1 Å². The molecule has 26 heavy (non-hydrogen) atoms. The summed E-state index contributed by atoms with van der Waals surface area (Å²) in [4.78, 5) is 0. The Morgan fingerprint density at radius 3 is 2.35 bits per heavy atom. The van der Waals surface area contributed by atoms with E-state index in [2.05, 4.69) is 18.4 Å². The third-order valence-electron chi connectivity index (χ3n) is 4.51. The van der Waals surface area contributed by atoms with Crippen LogP contribution in [0, 0.1) is 5.92 Å². The molecule has 0 spiro atoms. The molecule has 1 heterocycles. The molecule has 138 valence electrons. The second-order valence-electron chi connectivity index (χ2n) is 7.19. The fourth-order valence-electron chi connectivity index (χ4n) is 3.38. The van der Waals surface area contributed by atoms with Crippen molar-refractivity contribution in [1.82, 2.24) is 4.57 Å². The first-order valence-corrected chi connectivity index (χ1v) is 8.73. The molecular formula is C21H23F3N2. The SMILES string of the molecule is CC(C)Cn1cc(C(C)N)c2ccc(-c3ccccc3C(F)(F)F)cc21. The van der Waals surface area contributed by atoms with Gasteiger partial charge in [0.15, 0.2) is 0 Å². The minimum absolute atomic E-state index is 0.140. The Kier molecular flexibility index (Phi) is 4.84. The van der Waals surface area contributed by atoms with Crippen LogP contribution in [0.3, 0.4) is 0 Å². The third kappa shape index (κ3) is 3.49. The lowest BCUT2D eigenvalue weighted by Crippen LogP contribution is -2.07. The maximum atomic E-state index is 13.4. The highest BCUT2D eigenvalue weighted by Gasteiger charge is 2.33. The second kappa shape index (κ2) is 6.80. The molecule has 0 aliphatic heterocycles. The molecule has 0 aliphatic rings. The fourth-order valence-corrected chi connectivity index (χ4v) is 3.38. The number of nitrogens with two attached hydrogens (primary N) is 1. The zero-order valence-corrected chi connectivity index (χ0v) is 15.1. The minimum atomic E-state index is -4.39. The van der Waals surface area contributed by atoms with Gasteiger partial charge in [-0.25, -0.2) is 0 Å². The average molecular weight is 360 g/mol. The van der Waals surface area contributed by atoms with Crippen LogP contribution >= 0.6 is 0 Å². The van der Waals surface area contributed by atoms with Crippen LogP contribution in [0.1, 0.15) is 37.9 Å². The van der Waals surface area contributed by atoms with Crippen LogP contribution in [-0.4, -0.2) is 4.57 Å². The molecule has 0 aliphatic carbocycles. The van der Waals surface area contributed by atoms with Crippen LogP contribution in [0.25, 0.3) is 22.0 Å². The summed E-state index contributed by atoms with van der Waals surface area (Å²) in [6.45, 7) is 6.93. The number of fused-ring (bicyclic) bond motifs is 1. The molecule has 5 heteroatoms. The molecule has 3 aromatic rings. The molecule has 1 aromatic heterocycles. The molecule has 0 fully saturated rings. The Bertz CT molecular complexity index is 921. The van der Waals surface area contributed by atoms with Crippen molar-refractivity contribution in [3.63, 3.8) is 0 Å². The summed E-state index contributed by atoms with van der Waals surface area (Å²) in [5.41, 5.74) is 8.16. The zero-order valence-electron chi connectivity index (χ0n) is 15.1. The van der Waals surface area contributed by atoms with E-state index in [0.29, 0.717) is 11.5 Å². The molecule has 0 saturated carbocycles. The average Bonchev–Trinajstić information content (AvgIpc) is 2.91. The first-order valence-electron chi connectivity index (χ1n) is 8.73. The molecule has 0 saturated heterocycles. The molecule has 3 rings (SSSR count). The van der Waals surface area contributed by atoms with Gasteiger partial charge in [-0.1, -0.05) is 44.2 Å². The maximum absolute atomic E-state index is 13.4. The number of rotatable bonds is 4. The van der Waals surface area contributed by atoms with E-state index in [1.165, 1.54) is 12.1 Å². The highest BCUT2D eigenvalue weighted by molar-refractivity contribution is 5.89. The molecular weight excluding hydrogens is 337 g/mol. The first kappa shape index (κ1) is 18.5. The molecule has 2 aromatic carbocycles. The molecule has 1 unspecified atom stereocenters. The zero-order chi connectivity index (χ0) is 19.1. The van der Waals surface area contributed by atoms with Crippen molar-refractivity contribution in [3.05, 3.63) is 59.8 Å². The van der Waals surface area contributed by atoms with Gasteiger partial charge in [0, 0.05) is 29.7 Å². The van der Waals surface area contributed by atoms with Crippen molar-refractivity contribution in [2.75, 3.05) is 0 Å². The molecule has 0 radical (unpaired) electrons. The van der Waals surface area contributed by atoms with Gasteiger partial charge in [-0.15, -0.1) is 0 Å². The summed E-state index contributed by atoms with van der Waals surface area (Å²) >= 11 is 0. The predicted octanol–water partition coefficient (Wildman–Crippen LogP) is 6.00. The second-order valence-corrected chi connectivity index (χ2v) is 7.19. The number of hydrogen-bond acceptors (Lipinski definition) is 1. The molecule has 2 N–H and O–H groups in total. The van der Waals surface area contributed by atoms with Gasteiger partial charge in [0.25, 0.3) is 0 Å². The third-order valence-corrected chi connectivity index (χ3v) is 4.51. The van der Waals surface area contributed by atoms with Crippen LogP contribution < -0.4 is 5.73 Å². The van der Waals surface area contributed by atoms with Gasteiger partial charge in [0.1, 0.15) is 0 Å². The van der Waals surface area contributed by atoms with E-state index in [9.17, 15) is 13.2 Å². The van der Waals surface area contributed by atoms with E-state index < -0.39 is 11.7 Å². The van der Waals surface area contributed by atoms with Crippen LogP contribution in [0.15, 0.2) is 48.7 Å². The van der Waals surface area contributed by atoms with Gasteiger partial charge < -0.3 is 10.3 Å². The van der Waals surface area contributed by atoms with Crippen molar-refractivity contribution >= 4 is 10.9 Å². The van der Waals surface area contributed by atoms with Gasteiger partial charge in [-0.3, -0.25) is 0 Å². The quantitative estimate of drug-likeness (QED) is 0.607. The summed E-state index contributed by atoms with van der Waals surface area (Å²) in [5.74, 6) is 0.414. The van der Waals surface area contributed by atoms with Crippen LogP contribution in [0.5, 0.6) is 0 Å². The molecule has 1 atom stereocenters. The number of hydrogen-bond donors (Lipinski definition) is 1. The van der Waals surface area contributed by atoms with Gasteiger partial charge in [-0.2, -0.15) is 13.2 Å². The van der Waals surface area contributed by atoms with Crippen molar-refractivity contribution < 1.29 is 13.2 Å². The van der Waals surface area contributed by atoms with Crippen LogP contribution in [0.4, 0.5) is 13.2 Å². The Balaban J connectivity index is 2.22.